The van der Waals surface area contributed by atoms with Gasteiger partial charge in [0.25, 0.3) is 17.4 Å². The third-order valence-electron chi connectivity index (χ3n) is 12.7. The van der Waals surface area contributed by atoms with E-state index in [1.54, 1.807) is 37.2 Å². The highest BCUT2D eigenvalue weighted by Crippen LogP contribution is 2.28. The molecule has 2 aliphatic heterocycles. The highest BCUT2D eigenvalue weighted by molar-refractivity contribution is 5.94. The summed E-state index contributed by atoms with van der Waals surface area (Å²) in [7, 11) is 3.23. The topological polar surface area (TPSA) is 205 Å². The SMILES string of the molecule is CCc1cc2ncc(CN3CCN(c4ccc(C(=O)NCCn5cc(CCNC(=O)c6cccc(C7CCCN(C(=O)CNCc8ccc(OC)cc8OC)C7)c6)nn5)nc4)CC3)cc2[nH]c1=O. The van der Waals surface area contributed by atoms with Crippen LogP contribution in [-0.4, -0.2) is 131 Å². The maximum Gasteiger partial charge on any atom is 0.269 e. The van der Waals surface area contributed by atoms with Gasteiger partial charge in [-0.25, -0.2) is 4.98 Å². The van der Waals surface area contributed by atoms with Gasteiger partial charge >= 0.3 is 0 Å². The average molecular weight is 925 g/mol. The number of carbonyl (C=O) groups is 3. The van der Waals surface area contributed by atoms with Gasteiger partial charge in [-0.2, -0.15) is 0 Å². The summed E-state index contributed by atoms with van der Waals surface area (Å²) in [5.41, 5.74) is 7.87. The number of aromatic amines is 1. The third-order valence-corrected chi connectivity index (χ3v) is 12.7. The third kappa shape index (κ3) is 12.0. The van der Waals surface area contributed by atoms with Crippen LogP contribution in [0.5, 0.6) is 11.5 Å². The summed E-state index contributed by atoms with van der Waals surface area (Å²) >= 11 is 0. The van der Waals surface area contributed by atoms with Gasteiger partial charge in [0.05, 0.1) is 55.9 Å². The van der Waals surface area contributed by atoms with Crippen molar-refractivity contribution >= 4 is 34.4 Å². The Kier molecular flexibility index (Phi) is 15.7. The van der Waals surface area contributed by atoms with Gasteiger partial charge in [0.1, 0.15) is 17.2 Å². The van der Waals surface area contributed by atoms with E-state index in [-0.39, 0.29) is 35.7 Å². The quantitative estimate of drug-likeness (QED) is 0.0917. The molecule has 4 N–H and O–H groups in total. The predicted octanol–water partition coefficient (Wildman–Crippen LogP) is 3.71. The normalized spacial score (nSPS) is 15.3. The molecule has 18 heteroatoms. The number of hydrogen-bond acceptors (Lipinski definition) is 13. The van der Waals surface area contributed by atoms with Crippen molar-refractivity contribution in [2.75, 3.05) is 78.0 Å². The fourth-order valence-corrected chi connectivity index (χ4v) is 8.81. The lowest BCUT2D eigenvalue weighted by Gasteiger charge is -2.36. The fraction of sp³-hybridized carbons (Fsp3) is 0.400. The summed E-state index contributed by atoms with van der Waals surface area (Å²) in [5, 5.41) is 17.6. The molecule has 2 aliphatic rings. The van der Waals surface area contributed by atoms with Crippen LogP contribution in [0.1, 0.15) is 74.5 Å². The van der Waals surface area contributed by atoms with Crippen molar-refractivity contribution in [3.05, 3.63) is 135 Å². The smallest absolute Gasteiger partial charge is 0.269 e. The van der Waals surface area contributed by atoms with Gasteiger partial charge in [0.2, 0.25) is 5.91 Å². The fourth-order valence-electron chi connectivity index (χ4n) is 8.81. The molecule has 18 nitrogen and oxygen atoms in total. The summed E-state index contributed by atoms with van der Waals surface area (Å²) in [6, 6.07) is 20.9. The lowest BCUT2D eigenvalue weighted by Crippen LogP contribution is -2.46. The lowest BCUT2D eigenvalue weighted by atomic mass is 9.89. The minimum Gasteiger partial charge on any atom is -0.497 e. The molecule has 2 aromatic carbocycles. The Balaban J connectivity index is 0.720. The van der Waals surface area contributed by atoms with E-state index in [0.29, 0.717) is 74.9 Å². The van der Waals surface area contributed by atoms with E-state index >= 15 is 0 Å². The number of pyridine rings is 3. The summed E-state index contributed by atoms with van der Waals surface area (Å²) in [6.45, 7) is 9.20. The maximum atomic E-state index is 13.2. The molecular formula is C50H60N12O6. The summed E-state index contributed by atoms with van der Waals surface area (Å²) in [6.07, 6.45) is 8.44. The Hall–Kier alpha value is -7.18. The first-order chi connectivity index (χ1) is 33.2. The van der Waals surface area contributed by atoms with Crippen LogP contribution in [0.15, 0.2) is 90.1 Å². The van der Waals surface area contributed by atoms with Crippen molar-refractivity contribution in [2.24, 2.45) is 0 Å². The molecule has 68 heavy (non-hydrogen) atoms. The first-order valence-electron chi connectivity index (χ1n) is 23.3. The van der Waals surface area contributed by atoms with E-state index in [4.69, 9.17) is 9.47 Å². The molecule has 8 rings (SSSR count). The molecule has 1 atom stereocenters. The Labute approximate surface area is 395 Å². The molecule has 2 fully saturated rings. The molecule has 3 amide bonds. The van der Waals surface area contributed by atoms with Crippen LogP contribution < -0.4 is 35.9 Å². The first kappa shape index (κ1) is 47.3. The molecule has 6 heterocycles. The van der Waals surface area contributed by atoms with Gasteiger partial charge in [-0.1, -0.05) is 30.3 Å². The van der Waals surface area contributed by atoms with Gasteiger partial charge < -0.3 is 40.2 Å². The number of nitrogens with zero attached hydrogens (tertiary/aromatic N) is 8. The van der Waals surface area contributed by atoms with E-state index < -0.39 is 0 Å². The number of amides is 3. The number of piperidine rings is 1. The van der Waals surface area contributed by atoms with E-state index in [1.165, 1.54) is 0 Å². The van der Waals surface area contributed by atoms with Crippen molar-refractivity contribution in [2.45, 2.75) is 58.2 Å². The van der Waals surface area contributed by atoms with Crippen molar-refractivity contribution in [1.82, 2.24) is 55.7 Å². The summed E-state index contributed by atoms with van der Waals surface area (Å²) < 4.78 is 12.4. The number of anilines is 1. The number of methoxy groups -OCH3 is 2. The number of piperazine rings is 1. The molecule has 0 spiro atoms. The van der Waals surface area contributed by atoms with Crippen LogP contribution in [0.2, 0.25) is 0 Å². The molecule has 0 radical (unpaired) electrons. The van der Waals surface area contributed by atoms with Crippen LogP contribution in [0.4, 0.5) is 5.69 Å². The highest BCUT2D eigenvalue weighted by Gasteiger charge is 2.25. The zero-order valence-electron chi connectivity index (χ0n) is 39.0. The van der Waals surface area contributed by atoms with Gasteiger partial charge in [0.15, 0.2) is 0 Å². The largest absolute Gasteiger partial charge is 0.497 e. The van der Waals surface area contributed by atoms with Gasteiger partial charge in [-0.05, 0) is 72.9 Å². The lowest BCUT2D eigenvalue weighted by molar-refractivity contribution is -0.131. The molecule has 2 saturated heterocycles. The van der Waals surface area contributed by atoms with Gasteiger partial charge in [-0.15, -0.1) is 5.10 Å². The van der Waals surface area contributed by atoms with Crippen molar-refractivity contribution in [3.8, 4) is 11.5 Å². The monoisotopic (exact) mass is 924 g/mol. The van der Waals surface area contributed by atoms with E-state index in [2.05, 4.69) is 51.0 Å². The number of H-pyrrole nitrogens is 1. The second kappa shape index (κ2) is 22.5. The molecule has 6 aromatic rings. The van der Waals surface area contributed by atoms with Crippen LogP contribution >= 0.6 is 0 Å². The van der Waals surface area contributed by atoms with Gasteiger partial charge in [0, 0.05) is 113 Å². The van der Waals surface area contributed by atoms with Crippen molar-refractivity contribution < 1.29 is 23.9 Å². The van der Waals surface area contributed by atoms with Crippen LogP contribution in [-0.2, 0) is 37.3 Å². The number of hydrogen-bond donors (Lipinski definition) is 4. The number of fused-ring (bicyclic) bond motifs is 1. The number of nitrogens with one attached hydrogen (secondary N) is 4. The maximum absolute atomic E-state index is 13.2. The van der Waals surface area contributed by atoms with Crippen LogP contribution in [0.25, 0.3) is 11.0 Å². The number of ether oxygens (including phenoxy) is 2. The number of benzene rings is 2. The Morgan fingerprint density at radius 2 is 1.72 bits per heavy atom. The van der Waals surface area contributed by atoms with Crippen molar-refractivity contribution in [1.29, 1.82) is 0 Å². The minimum atomic E-state index is -0.269. The van der Waals surface area contributed by atoms with Crippen LogP contribution in [0, 0.1) is 0 Å². The first-order valence-corrected chi connectivity index (χ1v) is 23.3. The summed E-state index contributed by atoms with van der Waals surface area (Å²) in [4.78, 5) is 70.2. The molecule has 0 bridgehead atoms. The van der Waals surface area contributed by atoms with E-state index in [0.717, 1.165) is 90.2 Å². The standard InChI is InChI=1S/C50H60N12O6/c1-4-35-25-44-45(56-49(35)65)23-34(27-54-44)31-59-19-21-60(22-20-59)41-11-13-43(55-29-41)50(66)53-16-18-62-33-40(57-58-62)14-15-52-48(64)37-8-5-7-36(24-37)39-9-6-17-61(32-39)47(63)30-51-28-38-10-12-42(67-2)26-46(38)68-3/h5,7-8,10-13,23-27,29,33,39,51H,4,6,9,14-22,28,30-32H2,1-3H3,(H,52,64)(H,53,66)(H,56,65). The van der Waals surface area contributed by atoms with Crippen molar-refractivity contribution in [3.63, 3.8) is 0 Å². The zero-order chi connectivity index (χ0) is 47.4. The molecule has 356 valence electrons. The number of likely N-dealkylation sites (tertiary alicyclic amines) is 1. The van der Waals surface area contributed by atoms with Crippen LogP contribution in [0.3, 0.4) is 0 Å². The highest BCUT2D eigenvalue weighted by atomic mass is 16.5. The second-order valence-electron chi connectivity index (χ2n) is 17.2. The Morgan fingerprint density at radius 1 is 0.868 bits per heavy atom. The molecule has 4 aromatic heterocycles. The predicted molar refractivity (Wildman–Crippen MR) is 258 cm³/mol. The molecular weight excluding hydrogens is 865 g/mol. The summed E-state index contributed by atoms with van der Waals surface area (Å²) in [5.74, 6) is 1.14. The second-order valence-corrected chi connectivity index (χ2v) is 17.2. The average Bonchev–Trinajstić information content (AvgIpc) is 3.83. The molecule has 0 saturated carbocycles. The Bertz CT molecular complexity index is 2750. The minimum absolute atomic E-state index is 0.0408. The van der Waals surface area contributed by atoms with Gasteiger partial charge in [-0.3, -0.25) is 33.7 Å². The Morgan fingerprint density at radius 3 is 2.51 bits per heavy atom. The number of carbonyl (C=O) groups excluding carboxylic acids is 3. The van der Waals surface area contributed by atoms with E-state index in [9.17, 15) is 19.2 Å². The number of aromatic nitrogens is 6. The number of aryl methyl sites for hydroxylation is 1. The molecule has 1 unspecified atom stereocenters. The van der Waals surface area contributed by atoms with E-state index in [1.807, 2.05) is 78.8 Å². The number of rotatable bonds is 19. The molecule has 0 aliphatic carbocycles. The zero-order valence-corrected chi connectivity index (χ0v) is 39.0.